The molecule has 0 spiro atoms. The molecule has 4 aromatic rings. The zero-order valence-corrected chi connectivity index (χ0v) is 18.6. The monoisotopic (exact) mass is 441 g/mol. The lowest BCUT2D eigenvalue weighted by molar-refractivity contribution is -0.136. The second-order valence-corrected chi connectivity index (χ2v) is 8.32. The number of rotatable bonds is 5. The van der Waals surface area contributed by atoms with Gasteiger partial charge < -0.3 is 14.2 Å². The highest BCUT2D eigenvalue weighted by molar-refractivity contribution is 7.80. The molecule has 0 bridgehead atoms. The van der Waals surface area contributed by atoms with Gasteiger partial charge in [0.25, 0.3) is 5.91 Å². The fourth-order valence-corrected chi connectivity index (χ4v) is 4.58. The highest BCUT2D eigenvalue weighted by Gasteiger charge is 2.35. The molecule has 6 heteroatoms. The summed E-state index contributed by atoms with van der Waals surface area (Å²) in [5, 5.41) is 0. The van der Waals surface area contributed by atoms with Crippen molar-refractivity contribution in [2.45, 2.75) is 24.0 Å². The molecule has 0 fully saturated rings. The lowest BCUT2D eigenvalue weighted by Crippen LogP contribution is -2.42. The molecule has 1 aromatic heterocycles. The van der Waals surface area contributed by atoms with Crippen molar-refractivity contribution in [1.82, 2.24) is 14.5 Å². The number of nitrogens with zero attached hydrogens (tertiary/aromatic N) is 3. The largest absolute Gasteiger partial charge is 0.497 e. The van der Waals surface area contributed by atoms with Crippen LogP contribution in [0.3, 0.4) is 0 Å². The molecule has 0 saturated heterocycles. The quantitative estimate of drug-likeness (QED) is 0.445. The van der Waals surface area contributed by atoms with E-state index in [1.165, 1.54) is 0 Å². The van der Waals surface area contributed by atoms with Crippen molar-refractivity contribution >= 4 is 18.5 Å². The Morgan fingerprint density at radius 3 is 2.47 bits per heavy atom. The number of hydrogen-bond acceptors (Lipinski definition) is 4. The van der Waals surface area contributed by atoms with Crippen molar-refractivity contribution in [3.8, 4) is 16.9 Å². The number of aromatic nitrogens is 2. The summed E-state index contributed by atoms with van der Waals surface area (Å²) < 4.78 is 7.25. The first kappa shape index (κ1) is 20.4. The SMILES string of the molecule is COc1ccc(CN2Cc3cncn3C(c3ccccc3-c3ccccc3S)C2=O)cc1. The maximum Gasteiger partial charge on any atom is 0.250 e. The van der Waals surface area contributed by atoms with Crippen molar-refractivity contribution in [1.29, 1.82) is 0 Å². The number of ether oxygens (including phenoxy) is 1. The Hall–Kier alpha value is -3.51. The average molecular weight is 442 g/mol. The number of imidazole rings is 1. The molecule has 1 atom stereocenters. The van der Waals surface area contributed by atoms with Gasteiger partial charge in [-0.15, -0.1) is 12.6 Å². The van der Waals surface area contributed by atoms with Crippen LogP contribution in [0.2, 0.25) is 0 Å². The van der Waals surface area contributed by atoms with Crippen LogP contribution in [0.25, 0.3) is 11.1 Å². The van der Waals surface area contributed by atoms with Crippen LogP contribution in [0.15, 0.2) is 90.2 Å². The normalized spacial score (nSPS) is 15.5. The van der Waals surface area contributed by atoms with Crippen molar-refractivity contribution < 1.29 is 9.53 Å². The first-order valence-corrected chi connectivity index (χ1v) is 10.9. The standard InChI is InChI=1S/C26H23N3O2S/c1-31-20-12-10-18(11-13-20)15-28-16-19-14-27-17-29(19)25(26(28)30)23-8-3-2-6-21(23)22-7-4-5-9-24(22)32/h2-14,17,25,32H,15-16H2,1H3. The summed E-state index contributed by atoms with van der Waals surface area (Å²) in [5.41, 5.74) is 5.02. The van der Waals surface area contributed by atoms with Gasteiger partial charge in [0, 0.05) is 17.6 Å². The summed E-state index contributed by atoms with van der Waals surface area (Å²) in [6.07, 6.45) is 3.60. The minimum atomic E-state index is -0.483. The fourth-order valence-electron chi connectivity index (χ4n) is 4.30. The van der Waals surface area contributed by atoms with Crippen LogP contribution in [-0.4, -0.2) is 27.5 Å². The summed E-state index contributed by atoms with van der Waals surface area (Å²) in [5.74, 6) is 0.851. The number of fused-ring (bicyclic) bond motifs is 1. The van der Waals surface area contributed by atoms with Crippen molar-refractivity contribution in [2.75, 3.05) is 7.11 Å². The maximum atomic E-state index is 13.8. The van der Waals surface area contributed by atoms with E-state index in [2.05, 4.69) is 23.7 Å². The minimum Gasteiger partial charge on any atom is -0.497 e. The van der Waals surface area contributed by atoms with E-state index >= 15 is 0 Å². The van der Waals surface area contributed by atoms with Gasteiger partial charge >= 0.3 is 0 Å². The molecular formula is C26H23N3O2S. The van der Waals surface area contributed by atoms with Crippen molar-refractivity contribution in [3.63, 3.8) is 0 Å². The van der Waals surface area contributed by atoms with Crippen LogP contribution >= 0.6 is 12.6 Å². The Morgan fingerprint density at radius 1 is 1.00 bits per heavy atom. The van der Waals surface area contributed by atoms with Crippen LogP contribution < -0.4 is 4.74 Å². The number of carbonyl (C=O) groups excluding carboxylic acids is 1. The van der Waals surface area contributed by atoms with Gasteiger partial charge in [-0.3, -0.25) is 4.79 Å². The number of benzene rings is 3. The van der Waals surface area contributed by atoms with Gasteiger partial charge in [0.05, 0.1) is 25.7 Å². The average Bonchev–Trinajstić information content (AvgIpc) is 3.28. The van der Waals surface area contributed by atoms with Gasteiger partial charge in [0.15, 0.2) is 0 Å². The molecular weight excluding hydrogens is 418 g/mol. The zero-order valence-electron chi connectivity index (χ0n) is 17.7. The van der Waals surface area contributed by atoms with E-state index in [1.54, 1.807) is 13.4 Å². The third kappa shape index (κ3) is 3.67. The molecule has 1 aliphatic heterocycles. The summed E-state index contributed by atoms with van der Waals surface area (Å²) in [6, 6.07) is 23.4. The Morgan fingerprint density at radius 2 is 1.72 bits per heavy atom. The fraction of sp³-hybridized carbons (Fsp3) is 0.154. The van der Waals surface area contributed by atoms with Gasteiger partial charge in [-0.25, -0.2) is 4.98 Å². The van der Waals surface area contributed by atoms with Gasteiger partial charge in [0.1, 0.15) is 11.8 Å². The molecule has 3 aromatic carbocycles. The Kier molecular flexibility index (Phi) is 5.45. The van der Waals surface area contributed by atoms with E-state index in [1.807, 2.05) is 82.4 Å². The van der Waals surface area contributed by atoms with Crippen LogP contribution in [-0.2, 0) is 17.9 Å². The van der Waals surface area contributed by atoms with Crippen molar-refractivity contribution in [3.05, 3.63) is 102 Å². The summed E-state index contributed by atoms with van der Waals surface area (Å²) in [4.78, 5) is 20.9. The van der Waals surface area contributed by atoms with E-state index in [0.29, 0.717) is 13.1 Å². The van der Waals surface area contributed by atoms with Crippen LogP contribution in [0.4, 0.5) is 0 Å². The molecule has 32 heavy (non-hydrogen) atoms. The van der Waals surface area contributed by atoms with Crippen LogP contribution in [0, 0.1) is 0 Å². The Balaban J connectivity index is 1.56. The molecule has 5 nitrogen and oxygen atoms in total. The number of thiol groups is 1. The van der Waals surface area contributed by atoms with Crippen molar-refractivity contribution in [2.24, 2.45) is 0 Å². The lowest BCUT2D eigenvalue weighted by Gasteiger charge is -2.35. The van der Waals surface area contributed by atoms with Gasteiger partial charge in [-0.05, 0) is 40.5 Å². The predicted octanol–water partition coefficient (Wildman–Crippen LogP) is 4.98. The third-order valence-electron chi connectivity index (χ3n) is 5.90. The maximum absolute atomic E-state index is 13.8. The molecule has 0 saturated carbocycles. The van der Waals surface area contributed by atoms with E-state index in [9.17, 15) is 4.79 Å². The Labute approximate surface area is 192 Å². The minimum absolute atomic E-state index is 0.0513. The molecule has 1 unspecified atom stereocenters. The number of hydrogen-bond donors (Lipinski definition) is 1. The summed E-state index contributed by atoms with van der Waals surface area (Å²) >= 11 is 4.66. The lowest BCUT2D eigenvalue weighted by atomic mass is 9.92. The van der Waals surface area contributed by atoms with E-state index in [4.69, 9.17) is 4.74 Å². The topological polar surface area (TPSA) is 47.4 Å². The number of carbonyl (C=O) groups is 1. The predicted molar refractivity (Wildman–Crippen MR) is 127 cm³/mol. The first-order valence-electron chi connectivity index (χ1n) is 10.5. The zero-order chi connectivity index (χ0) is 22.1. The number of methoxy groups -OCH3 is 1. The highest BCUT2D eigenvalue weighted by Crippen LogP contribution is 2.37. The molecule has 160 valence electrons. The number of amides is 1. The molecule has 0 N–H and O–H groups in total. The smallest absolute Gasteiger partial charge is 0.250 e. The molecule has 2 heterocycles. The molecule has 0 aliphatic carbocycles. The second-order valence-electron chi connectivity index (χ2n) is 7.84. The molecule has 1 aliphatic rings. The van der Waals surface area contributed by atoms with E-state index in [0.717, 1.165) is 38.6 Å². The van der Waals surface area contributed by atoms with Crippen LogP contribution in [0.1, 0.15) is 22.9 Å². The van der Waals surface area contributed by atoms with Crippen LogP contribution in [0.5, 0.6) is 5.75 Å². The van der Waals surface area contributed by atoms with Gasteiger partial charge in [-0.2, -0.15) is 0 Å². The third-order valence-corrected chi connectivity index (χ3v) is 6.29. The summed E-state index contributed by atoms with van der Waals surface area (Å²) in [7, 11) is 1.65. The molecule has 5 rings (SSSR count). The van der Waals surface area contributed by atoms with Gasteiger partial charge in [-0.1, -0.05) is 54.6 Å². The second kappa shape index (κ2) is 8.55. The van der Waals surface area contributed by atoms with Gasteiger partial charge in [0.2, 0.25) is 0 Å². The van der Waals surface area contributed by atoms with E-state index in [-0.39, 0.29) is 5.91 Å². The molecule has 1 amide bonds. The molecule has 0 radical (unpaired) electrons. The summed E-state index contributed by atoms with van der Waals surface area (Å²) in [6.45, 7) is 1.04. The Bertz CT molecular complexity index is 1270. The highest BCUT2D eigenvalue weighted by atomic mass is 32.1. The first-order chi connectivity index (χ1) is 15.7. The van der Waals surface area contributed by atoms with E-state index < -0.39 is 6.04 Å².